The summed E-state index contributed by atoms with van der Waals surface area (Å²) < 4.78 is 48.0. The summed E-state index contributed by atoms with van der Waals surface area (Å²) >= 11 is 0. The molecular formula is C10H10F2N2O5S. The molecule has 1 aromatic carbocycles. The van der Waals surface area contributed by atoms with Gasteiger partial charge in [0.25, 0.3) is 10.0 Å². The minimum atomic E-state index is -4.98. The second-order valence-electron chi connectivity index (χ2n) is 3.65. The third-order valence-corrected chi connectivity index (χ3v) is 3.03. The van der Waals surface area contributed by atoms with Crippen LogP contribution in [0, 0.1) is 0 Å². The molecule has 7 nitrogen and oxygen atoms in total. The number of aromatic carboxylic acids is 1. The van der Waals surface area contributed by atoms with Gasteiger partial charge in [0, 0.05) is 12.6 Å². The molecule has 0 fully saturated rings. The van der Waals surface area contributed by atoms with Crippen LogP contribution >= 0.6 is 0 Å². The van der Waals surface area contributed by atoms with E-state index in [1.807, 2.05) is 0 Å². The van der Waals surface area contributed by atoms with E-state index in [0.29, 0.717) is 0 Å². The highest BCUT2D eigenvalue weighted by molar-refractivity contribution is 7.93. The Hall–Kier alpha value is -2.23. The molecule has 0 saturated heterocycles. The molecule has 0 aromatic heterocycles. The number of hydrogen-bond donors (Lipinski definition) is 3. The van der Waals surface area contributed by atoms with Crippen molar-refractivity contribution in [2.24, 2.45) is 0 Å². The first kappa shape index (κ1) is 15.8. The van der Waals surface area contributed by atoms with Crippen LogP contribution in [0.25, 0.3) is 0 Å². The molecule has 0 aliphatic carbocycles. The lowest BCUT2D eigenvalue weighted by molar-refractivity contribution is -0.114. The molecule has 1 amide bonds. The molecule has 0 bridgehead atoms. The van der Waals surface area contributed by atoms with Crippen LogP contribution < -0.4 is 10.0 Å². The summed E-state index contributed by atoms with van der Waals surface area (Å²) in [7, 11) is -4.98. The molecular weight excluding hydrogens is 298 g/mol. The van der Waals surface area contributed by atoms with Gasteiger partial charge in [-0.3, -0.25) is 9.52 Å². The van der Waals surface area contributed by atoms with E-state index in [2.05, 4.69) is 5.32 Å². The van der Waals surface area contributed by atoms with Crippen LogP contribution in [-0.2, 0) is 14.8 Å². The normalized spacial score (nSPS) is 11.2. The summed E-state index contributed by atoms with van der Waals surface area (Å²) in [6, 6.07) is 3.10. The fourth-order valence-corrected chi connectivity index (χ4v) is 1.86. The van der Waals surface area contributed by atoms with Crippen molar-refractivity contribution in [2.45, 2.75) is 12.7 Å². The Morgan fingerprint density at radius 2 is 1.90 bits per heavy atom. The van der Waals surface area contributed by atoms with Crippen LogP contribution in [0.4, 0.5) is 20.2 Å². The third kappa shape index (κ3) is 3.88. The lowest BCUT2D eigenvalue weighted by atomic mass is 10.1. The maximum atomic E-state index is 12.2. The van der Waals surface area contributed by atoms with E-state index in [1.165, 1.54) is 17.7 Å². The largest absolute Gasteiger partial charge is 0.478 e. The lowest BCUT2D eigenvalue weighted by Crippen LogP contribution is -2.22. The number of carboxylic acids is 1. The monoisotopic (exact) mass is 308 g/mol. The molecule has 0 aliphatic heterocycles. The van der Waals surface area contributed by atoms with Crippen molar-refractivity contribution in [3.63, 3.8) is 0 Å². The zero-order valence-corrected chi connectivity index (χ0v) is 10.9. The van der Waals surface area contributed by atoms with Gasteiger partial charge >= 0.3 is 11.7 Å². The second-order valence-corrected chi connectivity index (χ2v) is 5.30. The van der Waals surface area contributed by atoms with Gasteiger partial charge in [0.2, 0.25) is 5.91 Å². The number of alkyl halides is 2. The van der Waals surface area contributed by atoms with Crippen molar-refractivity contribution < 1.29 is 31.9 Å². The van der Waals surface area contributed by atoms with Crippen LogP contribution in [0.5, 0.6) is 0 Å². The molecule has 3 N–H and O–H groups in total. The number of rotatable bonds is 5. The van der Waals surface area contributed by atoms with Crippen LogP contribution in [0.3, 0.4) is 0 Å². The number of hydrogen-bond acceptors (Lipinski definition) is 4. The number of halogens is 2. The van der Waals surface area contributed by atoms with Crippen LogP contribution in [0.1, 0.15) is 17.3 Å². The van der Waals surface area contributed by atoms with Crippen LogP contribution in [0.2, 0.25) is 0 Å². The molecule has 0 atom stereocenters. The first-order chi connectivity index (χ1) is 9.13. The Morgan fingerprint density at radius 1 is 1.30 bits per heavy atom. The summed E-state index contributed by atoms with van der Waals surface area (Å²) in [5.41, 5.74) is -0.998. The first-order valence-electron chi connectivity index (χ1n) is 5.08. The minimum absolute atomic E-state index is 0.0925. The van der Waals surface area contributed by atoms with Gasteiger partial charge in [0.1, 0.15) is 0 Å². The minimum Gasteiger partial charge on any atom is -0.478 e. The molecule has 0 saturated carbocycles. The Bertz CT molecular complexity index is 645. The summed E-state index contributed by atoms with van der Waals surface area (Å²) in [5.74, 6) is -5.70. The fraction of sp³-hybridized carbons (Fsp3) is 0.200. The van der Waals surface area contributed by atoms with Gasteiger partial charge in [0.05, 0.1) is 11.3 Å². The average Bonchev–Trinajstić information content (AvgIpc) is 2.29. The summed E-state index contributed by atoms with van der Waals surface area (Å²) in [4.78, 5) is 21.8. The Kier molecular flexibility index (Phi) is 4.61. The maximum absolute atomic E-state index is 12.2. The molecule has 110 valence electrons. The van der Waals surface area contributed by atoms with E-state index < -0.39 is 38.9 Å². The lowest BCUT2D eigenvalue weighted by Gasteiger charge is -2.11. The van der Waals surface area contributed by atoms with E-state index in [-0.39, 0.29) is 5.69 Å². The van der Waals surface area contributed by atoms with Crippen molar-refractivity contribution in [3.8, 4) is 0 Å². The predicted molar refractivity (Wildman–Crippen MR) is 66.3 cm³/mol. The van der Waals surface area contributed by atoms with Gasteiger partial charge in [0.15, 0.2) is 0 Å². The van der Waals surface area contributed by atoms with E-state index in [9.17, 15) is 26.8 Å². The average molecular weight is 308 g/mol. The summed E-state index contributed by atoms with van der Waals surface area (Å²) in [5, 5.41) is 11.2. The van der Waals surface area contributed by atoms with E-state index in [0.717, 1.165) is 12.1 Å². The van der Waals surface area contributed by atoms with E-state index in [1.54, 1.807) is 0 Å². The van der Waals surface area contributed by atoms with Gasteiger partial charge in [-0.25, -0.2) is 13.2 Å². The summed E-state index contributed by atoms with van der Waals surface area (Å²) in [6.45, 7) is 1.19. The predicted octanol–water partition coefficient (Wildman–Crippen LogP) is 1.31. The molecule has 20 heavy (non-hydrogen) atoms. The second kappa shape index (κ2) is 5.82. The third-order valence-electron chi connectivity index (χ3n) is 2.06. The van der Waals surface area contributed by atoms with Crippen LogP contribution in [0.15, 0.2) is 18.2 Å². The molecule has 0 spiro atoms. The zero-order valence-electron chi connectivity index (χ0n) is 10.1. The molecule has 0 radical (unpaired) electrons. The molecule has 1 aromatic rings. The van der Waals surface area contributed by atoms with Crippen molar-refractivity contribution in [1.29, 1.82) is 0 Å². The number of sulfonamides is 1. The number of carboxylic acid groups (broad SMARTS) is 1. The number of nitrogens with one attached hydrogen (secondary N) is 2. The molecule has 10 heteroatoms. The number of amides is 1. The SMILES string of the molecule is CC(=O)Nc1ccc(NS(=O)(=O)C(F)F)c(C(=O)O)c1. The maximum Gasteiger partial charge on any atom is 0.355 e. The van der Waals surface area contributed by atoms with Crippen molar-refractivity contribution in [3.05, 3.63) is 23.8 Å². The van der Waals surface area contributed by atoms with E-state index >= 15 is 0 Å². The smallest absolute Gasteiger partial charge is 0.355 e. The quantitative estimate of drug-likeness (QED) is 0.759. The van der Waals surface area contributed by atoms with Crippen molar-refractivity contribution >= 4 is 33.3 Å². The summed E-state index contributed by atoms with van der Waals surface area (Å²) in [6.07, 6.45) is 0. The number of carbonyl (C=O) groups excluding carboxylic acids is 1. The Morgan fingerprint density at radius 3 is 2.35 bits per heavy atom. The van der Waals surface area contributed by atoms with Gasteiger partial charge in [-0.15, -0.1) is 0 Å². The van der Waals surface area contributed by atoms with E-state index in [4.69, 9.17) is 5.11 Å². The molecule has 0 unspecified atom stereocenters. The van der Waals surface area contributed by atoms with Crippen molar-refractivity contribution in [1.82, 2.24) is 0 Å². The molecule has 0 heterocycles. The van der Waals surface area contributed by atoms with Crippen molar-refractivity contribution in [2.75, 3.05) is 10.0 Å². The Labute approximate surface area is 112 Å². The topological polar surface area (TPSA) is 113 Å². The van der Waals surface area contributed by atoms with Crippen LogP contribution in [-0.4, -0.2) is 31.2 Å². The zero-order chi connectivity index (χ0) is 15.5. The first-order valence-corrected chi connectivity index (χ1v) is 6.63. The molecule has 1 rings (SSSR count). The highest BCUT2D eigenvalue weighted by atomic mass is 32.2. The van der Waals surface area contributed by atoms with Gasteiger partial charge in [-0.1, -0.05) is 0 Å². The number of carbonyl (C=O) groups is 2. The number of anilines is 2. The highest BCUT2D eigenvalue weighted by Gasteiger charge is 2.26. The molecule has 0 aliphatic rings. The highest BCUT2D eigenvalue weighted by Crippen LogP contribution is 2.23. The Balaban J connectivity index is 3.21. The standard InChI is InChI=1S/C10H10F2N2O5S/c1-5(15)13-6-2-3-8(7(4-6)9(16)17)14-20(18,19)10(11)12/h2-4,10,14H,1H3,(H,13,15)(H,16,17). The number of benzene rings is 1. The van der Waals surface area contributed by atoms with Gasteiger partial charge in [-0.2, -0.15) is 8.78 Å². The fourth-order valence-electron chi connectivity index (χ4n) is 1.29. The van der Waals surface area contributed by atoms with Gasteiger partial charge in [-0.05, 0) is 18.2 Å². The van der Waals surface area contributed by atoms with Gasteiger partial charge < -0.3 is 10.4 Å².